The van der Waals surface area contributed by atoms with Crippen molar-refractivity contribution in [1.82, 2.24) is 25.8 Å². The van der Waals surface area contributed by atoms with Crippen LogP contribution < -0.4 is 31.2 Å². The van der Waals surface area contributed by atoms with Crippen LogP contribution in [0.4, 0.5) is 35.9 Å². The van der Waals surface area contributed by atoms with Crippen LogP contribution in [-0.4, -0.2) is 147 Å². The lowest BCUT2D eigenvalue weighted by atomic mass is 10.0. The number of carboxylic acids is 1. The first-order valence-corrected chi connectivity index (χ1v) is 32.8. The van der Waals surface area contributed by atoms with Gasteiger partial charge in [-0.3, -0.25) is 14.4 Å². The maximum atomic E-state index is 14.5. The van der Waals surface area contributed by atoms with E-state index in [0.29, 0.717) is 60.4 Å². The molecule has 0 radical (unpaired) electrons. The number of amides is 5. The fraction of sp³-hybridized carbons (Fsp3) is 0.515. The van der Waals surface area contributed by atoms with Gasteiger partial charge in [0.25, 0.3) is 5.91 Å². The van der Waals surface area contributed by atoms with Crippen LogP contribution in [0.5, 0.6) is 11.5 Å². The van der Waals surface area contributed by atoms with Gasteiger partial charge < -0.3 is 65.0 Å². The van der Waals surface area contributed by atoms with Gasteiger partial charge in [-0.1, -0.05) is 52.0 Å². The highest BCUT2D eigenvalue weighted by Gasteiger charge is 2.38. The van der Waals surface area contributed by atoms with Gasteiger partial charge in [0.1, 0.15) is 34.3 Å². The number of halogens is 6. The second-order valence-electron chi connectivity index (χ2n) is 24.5. The van der Waals surface area contributed by atoms with Crippen molar-refractivity contribution in [3.63, 3.8) is 0 Å². The zero-order valence-electron chi connectivity index (χ0n) is 55.3. The first-order valence-electron chi connectivity index (χ1n) is 30.7. The first kappa shape index (κ1) is 79.5. The smallest absolute Gasteiger partial charge is 0.407 e. The molecule has 2 heterocycles. The number of thioether (sulfide) groups is 2. The first-order chi connectivity index (χ1) is 44.5. The van der Waals surface area contributed by atoms with Gasteiger partial charge in [-0.25, -0.2) is 50.3 Å². The lowest BCUT2D eigenvalue weighted by Gasteiger charge is -2.27. The zero-order valence-corrected chi connectivity index (χ0v) is 56.9. The van der Waals surface area contributed by atoms with Crippen LogP contribution in [0.25, 0.3) is 0 Å². The number of ether oxygens (including phenoxy) is 6. The molecule has 0 unspecified atom stereocenters. The summed E-state index contributed by atoms with van der Waals surface area (Å²) < 4.78 is 115. The molecule has 2 fully saturated rings. The highest BCUT2D eigenvalue weighted by atomic mass is 32.2. The Morgan fingerprint density at radius 3 is 1.29 bits per heavy atom. The normalized spacial score (nSPS) is 15.8. The van der Waals surface area contributed by atoms with E-state index >= 15 is 0 Å². The second kappa shape index (κ2) is 37.4. The zero-order chi connectivity index (χ0) is 71.1. The Kier molecular flexibility index (Phi) is 31.3. The topological polar surface area (TPSA) is 281 Å². The average Bonchev–Trinajstić information content (AvgIpc) is 2.23. The van der Waals surface area contributed by atoms with E-state index in [1.54, 1.807) is 79.7 Å². The molecule has 6 N–H and O–H groups in total. The van der Waals surface area contributed by atoms with Gasteiger partial charge in [-0.05, 0) is 127 Å². The van der Waals surface area contributed by atoms with E-state index in [2.05, 4.69) is 16.0 Å². The molecule has 0 bridgehead atoms. The molecule has 4 aromatic carbocycles. The number of esters is 2. The molecule has 0 saturated carbocycles. The lowest BCUT2D eigenvalue weighted by Crippen LogP contribution is -2.48. The fourth-order valence-corrected chi connectivity index (χ4v) is 11.4. The lowest BCUT2D eigenvalue weighted by molar-refractivity contribution is -0.154. The molecule has 6 atom stereocenters. The molecule has 2 aliphatic heterocycles. The molecule has 95 heavy (non-hydrogen) atoms. The largest absolute Gasteiger partial charge is 0.479 e. The van der Waals surface area contributed by atoms with Crippen molar-refractivity contribution in [3.8, 4) is 11.5 Å². The van der Waals surface area contributed by atoms with Gasteiger partial charge in [-0.15, -0.1) is 23.5 Å². The summed E-state index contributed by atoms with van der Waals surface area (Å²) in [4.78, 5) is 102. The van der Waals surface area contributed by atoms with Crippen molar-refractivity contribution in [1.29, 1.82) is 0 Å². The third kappa shape index (κ3) is 26.7. The number of carbonyl (C=O) groups is 8. The Morgan fingerprint density at radius 1 is 0.568 bits per heavy atom. The Morgan fingerprint density at radius 2 is 0.937 bits per heavy atom. The molecule has 4 aromatic rings. The number of alkyl carbamates (subject to hydrolysis) is 2. The van der Waals surface area contributed by atoms with Crippen LogP contribution in [0.2, 0.25) is 0 Å². The van der Waals surface area contributed by atoms with Crippen molar-refractivity contribution in [2.24, 2.45) is 17.6 Å². The number of nitrogens with zero attached hydrogens (tertiary/aromatic N) is 2. The summed E-state index contributed by atoms with van der Waals surface area (Å²) in [5.74, 6) is -8.77. The predicted molar refractivity (Wildman–Crippen MR) is 344 cm³/mol. The summed E-state index contributed by atoms with van der Waals surface area (Å²) in [7, 11) is 0. The van der Waals surface area contributed by atoms with Gasteiger partial charge in [0.2, 0.25) is 11.8 Å². The minimum Gasteiger partial charge on any atom is -0.479 e. The molecule has 21 nitrogen and oxygen atoms in total. The van der Waals surface area contributed by atoms with Gasteiger partial charge in [0.05, 0.1) is 13.2 Å². The van der Waals surface area contributed by atoms with E-state index in [0.717, 1.165) is 27.8 Å². The number of hydrogen-bond acceptors (Lipinski definition) is 17. The van der Waals surface area contributed by atoms with Crippen molar-refractivity contribution < 1.29 is 98.2 Å². The summed E-state index contributed by atoms with van der Waals surface area (Å²) in [6.45, 7) is 22.6. The van der Waals surface area contributed by atoms with E-state index < -0.39 is 123 Å². The Balaban J connectivity index is 0.000000339. The molecule has 0 aliphatic carbocycles. The number of nitrogens with two attached hydrogens (primary N) is 1. The molecule has 524 valence electrons. The maximum Gasteiger partial charge on any atom is 0.407 e. The summed E-state index contributed by atoms with van der Waals surface area (Å²) in [6, 6.07) is 14.3. The summed E-state index contributed by atoms with van der Waals surface area (Å²) in [6.07, 6.45) is -4.48. The molecule has 5 amide bonds. The summed E-state index contributed by atoms with van der Waals surface area (Å²) in [5, 5.41) is 15.1. The second-order valence-corrected chi connectivity index (χ2v) is 26.8. The van der Waals surface area contributed by atoms with Gasteiger partial charge in [0, 0.05) is 86.6 Å². The monoisotopic (exact) mass is 1380 g/mol. The number of hydrogen-bond donors (Lipinski definition) is 5. The van der Waals surface area contributed by atoms with Crippen LogP contribution in [0.15, 0.2) is 72.8 Å². The van der Waals surface area contributed by atoms with E-state index in [1.165, 1.54) is 16.7 Å². The van der Waals surface area contributed by atoms with E-state index in [9.17, 15) is 69.8 Å². The number of carboxylic acid groups (broad SMARTS) is 1. The highest BCUT2D eigenvalue weighted by molar-refractivity contribution is 8.01. The van der Waals surface area contributed by atoms with Crippen LogP contribution in [0.3, 0.4) is 0 Å². The van der Waals surface area contributed by atoms with Crippen LogP contribution >= 0.6 is 23.5 Å². The minimum absolute atomic E-state index is 0.0539. The number of aliphatic carboxylic acids is 1. The molecule has 0 spiro atoms. The minimum atomic E-state index is -1.36. The Bertz CT molecular complexity index is 3250. The SMILES string of the molecule is CC(C)(C)OC(=O)N[C@@H](CC(=O)N1CCS[C@@H]1C(=O)O)Cc1cc(F)c(F)cc1F.CCOC(=O)[C@@H](Oc1ccc(CN)cc1)C(C)C.CCOC(=O)[C@@H](Oc1ccc(CNC(=O)[C@H]2SCCN2C(=O)C[C@@H](Cc2cc(F)c(F)cc2F)NC(=O)OC(C)(C)C)cc1)C(C)C. The summed E-state index contributed by atoms with van der Waals surface area (Å²) >= 11 is 2.35. The number of nitrogens with one attached hydrogen (secondary N) is 3. The van der Waals surface area contributed by atoms with Crippen molar-refractivity contribution in [2.75, 3.05) is 37.8 Å². The summed E-state index contributed by atoms with van der Waals surface area (Å²) in [5.41, 5.74) is 5.11. The molecular weight excluding hydrogens is 1290 g/mol. The van der Waals surface area contributed by atoms with Gasteiger partial charge in [-0.2, -0.15) is 0 Å². The van der Waals surface area contributed by atoms with Gasteiger partial charge >= 0.3 is 30.1 Å². The molecule has 2 aliphatic rings. The van der Waals surface area contributed by atoms with E-state index in [1.807, 2.05) is 52.0 Å². The van der Waals surface area contributed by atoms with Gasteiger partial charge in [0.15, 0.2) is 46.2 Å². The standard InChI is InChI=1S/C33H42F3N3O7S.C19H23F3N2O5S.C14H21NO3/c1-7-44-31(42)28(19(2)3)45-23-10-8-20(9-11-23)18-37-29(41)30-39(12-13-47-30)27(40)16-22(38-32(43)46-33(4,5)6)14-21-15-25(35)26(36)17-24(21)34;1-19(2,3)29-18(28)23-11(6-10-7-13(21)14(22)9-12(10)20)8-15(25)24-4-5-30-16(24)17(26)27;1-4-17-14(16)13(10(2)3)18-12-7-5-11(9-15)6-8-12/h8-11,15,17,19,22,28,30H,7,12-14,16,18H2,1-6H3,(H,37,41)(H,38,43);7,9,11,16H,4-6,8H2,1-3H3,(H,23,28)(H,26,27);5-8,10,13H,4,9,15H2,1-3H3/t22-,28+,30-;11-,16-;13-/m110/s1. The van der Waals surface area contributed by atoms with Crippen LogP contribution in [0, 0.1) is 46.7 Å². The highest BCUT2D eigenvalue weighted by Crippen LogP contribution is 2.29. The number of carbonyl (C=O) groups excluding carboxylic acids is 7. The van der Waals surface area contributed by atoms with Crippen LogP contribution in [-0.2, 0) is 73.6 Å². The fourth-order valence-electron chi connectivity index (χ4n) is 9.12. The quantitative estimate of drug-likeness (QED) is 0.0178. The Labute approximate surface area is 557 Å². The third-order valence-corrected chi connectivity index (χ3v) is 16.0. The molecular formula is C66H86F6N6O15S2. The molecule has 29 heteroatoms. The predicted octanol–water partition coefficient (Wildman–Crippen LogP) is 10.1. The number of rotatable bonds is 25. The van der Waals surface area contributed by atoms with Crippen LogP contribution in [0.1, 0.15) is 118 Å². The third-order valence-electron chi connectivity index (χ3n) is 13.6. The van der Waals surface area contributed by atoms with Crippen molar-refractivity contribution >= 4 is 71.3 Å². The molecule has 0 aromatic heterocycles. The molecule has 2 saturated heterocycles. The van der Waals surface area contributed by atoms with Crippen molar-refractivity contribution in [2.45, 2.75) is 168 Å². The number of benzene rings is 4. The van der Waals surface area contributed by atoms with E-state index in [4.69, 9.17) is 34.2 Å². The van der Waals surface area contributed by atoms with E-state index in [-0.39, 0.29) is 80.9 Å². The maximum absolute atomic E-state index is 14.5. The Hall–Kier alpha value is -7.92. The average molecular weight is 1380 g/mol. The van der Waals surface area contributed by atoms with Crippen molar-refractivity contribution in [3.05, 3.63) is 130 Å². The molecule has 6 rings (SSSR count).